The number of hydrogen-bond donors (Lipinski definition) is 1. The number of aryl methyl sites for hydroxylation is 1. The van der Waals surface area contributed by atoms with Crippen LogP contribution in [0, 0.1) is 12.8 Å². The van der Waals surface area contributed by atoms with E-state index in [1.807, 2.05) is 12.4 Å². The summed E-state index contributed by atoms with van der Waals surface area (Å²) < 4.78 is 0. The van der Waals surface area contributed by atoms with Crippen LogP contribution in [0.5, 0.6) is 0 Å². The topological polar surface area (TPSA) is 28.2 Å². The maximum Gasteiger partial charge on any atom is 0.0403 e. The molecule has 1 aromatic rings. The van der Waals surface area contributed by atoms with Gasteiger partial charge in [0.2, 0.25) is 0 Å². The molecule has 2 unspecified atom stereocenters. The van der Waals surface area contributed by atoms with E-state index in [-0.39, 0.29) is 0 Å². The van der Waals surface area contributed by atoms with Crippen LogP contribution in [0.15, 0.2) is 18.5 Å². The van der Waals surface area contributed by atoms with E-state index in [1.54, 1.807) is 0 Å². The second-order valence-electron chi connectivity index (χ2n) is 5.01. The lowest BCUT2D eigenvalue weighted by Crippen LogP contribution is -2.29. The highest BCUT2D eigenvalue weighted by atomic mass is 15.2. The Labute approximate surface area is 104 Å². The molecule has 1 saturated heterocycles. The predicted octanol–water partition coefficient (Wildman–Crippen LogP) is 1.99. The highest BCUT2D eigenvalue weighted by molar-refractivity contribution is 5.26. The fourth-order valence-corrected chi connectivity index (χ4v) is 2.85. The van der Waals surface area contributed by atoms with Crippen molar-refractivity contribution in [2.24, 2.45) is 5.92 Å². The van der Waals surface area contributed by atoms with Gasteiger partial charge in [-0.3, -0.25) is 9.88 Å². The molecule has 1 aliphatic rings. The van der Waals surface area contributed by atoms with Gasteiger partial charge in [0.1, 0.15) is 0 Å². The fraction of sp³-hybridized carbons (Fsp3) is 0.643. The zero-order valence-corrected chi connectivity index (χ0v) is 11.1. The van der Waals surface area contributed by atoms with Gasteiger partial charge in [0.25, 0.3) is 0 Å². The zero-order valence-electron chi connectivity index (χ0n) is 11.1. The molecule has 0 spiro atoms. The minimum Gasteiger partial charge on any atom is -0.317 e. The van der Waals surface area contributed by atoms with Crippen LogP contribution in [0.25, 0.3) is 0 Å². The van der Waals surface area contributed by atoms with Gasteiger partial charge in [0, 0.05) is 18.4 Å². The molecule has 17 heavy (non-hydrogen) atoms. The standard InChI is InChI=1S/C14H23N3/c1-4-15-9-12-6-8-17(3)14(12)13-10-16-7-5-11(13)2/h5,7,10,12,14-15H,4,6,8-9H2,1-3H3. The van der Waals surface area contributed by atoms with Gasteiger partial charge in [0.15, 0.2) is 0 Å². The van der Waals surface area contributed by atoms with Gasteiger partial charge in [-0.15, -0.1) is 0 Å². The van der Waals surface area contributed by atoms with Gasteiger partial charge in [0.05, 0.1) is 0 Å². The molecule has 2 heterocycles. The first kappa shape index (κ1) is 12.5. The average molecular weight is 233 g/mol. The normalized spacial score (nSPS) is 25.4. The van der Waals surface area contributed by atoms with Gasteiger partial charge in [-0.2, -0.15) is 0 Å². The molecule has 1 N–H and O–H groups in total. The first-order valence-corrected chi connectivity index (χ1v) is 6.55. The number of rotatable bonds is 4. The van der Waals surface area contributed by atoms with Crippen LogP contribution in [0.1, 0.15) is 30.5 Å². The van der Waals surface area contributed by atoms with Gasteiger partial charge < -0.3 is 5.32 Å². The third-order valence-electron chi connectivity index (χ3n) is 3.83. The lowest BCUT2D eigenvalue weighted by Gasteiger charge is -2.26. The molecule has 1 aliphatic heterocycles. The summed E-state index contributed by atoms with van der Waals surface area (Å²) in [5.74, 6) is 0.711. The van der Waals surface area contributed by atoms with E-state index in [9.17, 15) is 0 Å². The average Bonchev–Trinajstić information content (AvgIpc) is 2.69. The van der Waals surface area contributed by atoms with E-state index in [2.05, 4.69) is 42.2 Å². The monoisotopic (exact) mass is 233 g/mol. The summed E-state index contributed by atoms with van der Waals surface area (Å²) in [4.78, 5) is 6.76. The van der Waals surface area contributed by atoms with Gasteiger partial charge in [-0.05, 0) is 63.1 Å². The van der Waals surface area contributed by atoms with Crippen LogP contribution >= 0.6 is 0 Å². The largest absolute Gasteiger partial charge is 0.317 e. The van der Waals surface area contributed by atoms with Crippen molar-refractivity contribution in [1.29, 1.82) is 0 Å². The Bertz CT molecular complexity index is 364. The molecule has 0 aliphatic carbocycles. The fourth-order valence-electron chi connectivity index (χ4n) is 2.85. The lowest BCUT2D eigenvalue weighted by atomic mass is 9.92. The summed E-state index contributed by atoms with van der Waals surface area (Å²) in [6, 6.07) is 2.65. The summed E-state index contributed by atoms with van der Waals surface area (Å²) in [5, 5.41) is 3.48. The Kier molecular flexibility index (Phi) is 4.13. The minimum atomic E-state index is 0.530. The molecular weight excluding hydrogens is 210 g/mol. The van der Waals surface area contributed by atoms with Crippen LogP contribution in [-0.2, 0) is 0 Å². The maximum absolute atomic E-state index is 4.29. The van der Waals surface area contributed by atoms with Crippen LogP contribution in [0.2, 0.25) is 0 Å². The van der Waals surface area contributed by atoms with Crippen LogP contribution < -0.4 is 5.32 Å². The molecule has 1 aromatic heterocycles. The number of pyridine rings is 1. The second kappa shape index (κ2) is 5.61. The smallest absolute Gasteiger partial charge is 0.0403 e. The summed E-state index contributed by atoms with van der Waals surface area (Å²) >= 11 is 0. The van der Waals surface area contributed by atoms with Crippen molar-refractivity contribution in [3.63, 3.8) is 0 Å². The van der Waals surface area contributed by atoms with Crippen molar-refractivity contribution in [2.75, 3.05) is 26.7 Å². The summed E-state index contributed by atoms with van der Waals surface area (Å²) in [6.07, 6.45) is 5.20. The Morgan fingerprint density at radius 1 is 1.53 bits per heavy atom. The molecule has 0 aromatic carbocycles. The van der Waals surface area contributed by atoms with E-state index in [1.165, 1.54) is 24.1 Å². The summed E-state index contributed by atoms with van der Waals surface area (Å²) in [7, 11) is 2.23. The second-order valence-corrected chi connectivity index (χ2v) is 5.01. The number of likely N-dealkylation sites (tertiary alicyclic amines) is 1. The van der Waals surface area contributed by atoms with E-state index in [0.717, 1.165) is 13.1 Å². The van der Waals surface area contributed by atoms with Crippen molar-refractivity contribution >= 4 is 0 Å². The maximum atomic E-state index is 4.29. The van der Waals surface area contributed by atoms with Gasteiger partial charge in [-0.25, -0.2) is 0 Å². The quantitative estimate of drug-likeness (QED) is 0.862. The van der Waals surface area contributed by atoms with E-state index < -0.39 is 0 Å². The van der Waals surface area contributed by atoms with E-state index in [4.69, 9.17) is 0 Å². The zero-order chi connectivity index (χ0) is 12.3. The number of nitrogens with one attached hydrogen (secondary N) is 1. The number of aromatic nitrogens is 1. The Hall–Kier alpha value is -0.930. The summed E-state index contributed by atoms with van der Waals surface area (Å²) in [5.41, 5.74) is 2.76. The van der Waals surface area contributed by atoms with E-state index >= 15 is 0 Å². The molecular formula is C14H23N3. The van der Waals surface area contributed by atoms with Crippen molar-refractivity contribution in [2.45, 2.75) is 26.3 Å². The highest BCUT2D eigenvalue weighted by Gasteiger charge is 2.33. The molecule has 3 nitrogen and oxygen atoms in total. The molecule has 2 rings (SSSR count). The van der Waals surface area contributed by atoms with Crippen molar-refractivity contribution < 1.29 is 0 Å². The van der Waals surface area contributed by atoms with Crippen LogP contribution in [0.4, 0.5) is 0 Å². The number of nitrogens with zero attached hydrogens (tertiary/aromatic N) is 2. The molecule has 0 bridgehead atoms. The van der Waals surface area contributed by atoms with E-state index in [0.29, 0.717) is 12.0 Å². The first-order chi connectivity index (χ1) is 8.24. The molecule has 1 fully saturated rings. The lowest BCUT2D eigenvalue weighted by molar-refractivity contribution is 0.271. The van der Waals surface area contributed by atoms with Crippen molar-refractivity contribution in [1.82, 2.24) is 15.2 Å². The molecule has 0 amide bonds. The van der Waals surface area contributed by atoms with Gasteiger partial charge >= 0.3 is 0 Å². The molecule has 3 heteroatoms. The Balaban J connectivity index is 2.18. The van der Waals surface area contributed by atoms with Gasteiger partial charge in [-0.1, -0.05) is 6.92 Å². The van der Waals surface area contributed by atoms with Crippen molar-refractivity contribution in [3.05, 3.63) is 29.6 Å². The first-order valence-electron chi connectivity index (χ1n) is 6.55. The molecule has 2 atom stereocenters. The van der Waals surface area contributed by atoms with Crippen LogP contribution in [-0.4, -0.2) is 36.6 Å². The minimum absolute atomic E-state index is 0.530. The van der Waals surface area contributed by atoms with Crippen LogP contribution in [0.3, 0.4) is 0 Å². The number of hydrogen-bond acceptors (Lipinski definition) is 3. The van der Waals surface area contributed by atoms with Crippen molar-refractivity contribution in [3.8, 4) is 0 Å². The SMILES string of the molecule is CCNCC1CCN(C)C1c1cnccc1C. The molecule has 0 radical (unpaired) electrons. The summed E-state index contributed by atoms with van der Waals surface area (Å²) in [6.45, 7) is 7.71. The Morgan fingerprint density at radius 2 is 2.35 bits per heavy atom. The third-order valence-corrected chi connectivity index (χ3v) is 3.83. The molecule has 94 valence electrons. The Morgan fingerprint density at radius 3 is 3.06 bits per heavy atom. The predicted molar refractivity (Wildman–Crippen MR) is 71.0 cm³/mol. The highest BCUT2D eigenvalue weighted by Crippen LogP contribution is 2.36. The molecule has 0 saturated carbocycles. The third kappa shape index (κ3) is 2.67.